The van der Waals surface area contributed by atoms with Gasteiger partial charge >= 0.3 is 0 Å². The van der Waals surface area contributed by atoms with Crippen molar-refractivity contribution >= 4 is 5.91 Å². The van der Waals surface area contributed by atoms with Crippen molar-refractivity contribution in [2.75, 3.05) is 33.2 Å². The lowest BCUT2D eigenvalue weighted by atomic mass is 10.1. The number of carbonyl (C=O) groups excluding carboxylic acids is 1. The van der Waals surface area contributed by atoms with Gasteiger partial charge in [0.15, 0.2) is 0 Å². The number of likely N-dealkylation sites (tertiary alicyclic amines) is 1. The monoisotopic (exact) mass is 225 g/mol. The summed E-state index contributed by atoms with van der Waals surface area (Å²) in [6, 6.07) is 0.397. The van der Waals surface area contributed by atoms with Crippen molar-refractivity contribution in [2.24, 2.45) is 5.92 Å². The van der Waals surface area contributed by atoms with Gasteiger partial charge in [0.05, 0.1) is 5.92 Å². The summed E-state index contributed by atoms with van der Waals surface area (Å²) in [5.74, 6) is 0.498. The van der Waals surface area contributed by atoms with E-state index in [1.165, 1.54) is 6.42 Å². The van der Waals surface area contributed by atoms with Crippen LogP contribution in [-0.4, -0.2) is 50.1 Å². The van der Waals surface area contributed by atoms with Crippen LogP contribution in [0.5, 0.6) is 0 Å². The molecular weight excluding hydrogens is 202 g/mol. The summed E-state index contributed by atoms with van der Waals surface area (Å²) in [6.07, 6.45) is 4.40. The van der Waals surface area contributed by atoms with Crippen molar-refractivity contribution in [1.82, 2.24) is 15.5 Å². The molecule has 0 spiro atoms. The molecule has 0 aromatic heterocycles. The van der Waals surface area contributed by atoms with E-state index in [1.807, 2.05) is 0 Å². The van der Waals surface area contributed by atoms with Crippen molar-refractivity contribution in [1.29, 1.82) is 0 Å². The van der Waals surface area contributed by atoms with Gasteiger partial charge in [-0.3, -0.25) is 4.79 Å². The molecule has 2 aliphatic heterocycles. The highest BCUT2D eigenvalue weighted by Gasteiger charge is 2.27. The normalized spacial score (nSPS) is 32.3. The predicted octanol–water partition coefficient (Wildman–Crippen LogP) is 0.196. The molecule has 2 rings (SSSR count). The number of amides is 1. The highest BCUT2D eigenvalue weighted by molar-refractivity contribution is 5.79. The van der Waals surface area contributed by atoms with Gasteiger partial charge in [0.2, 0.25) is 5.91 Å². The molecule has 1 amide bonds. The second-order valence-corrected chi connectivity index (χ2v) is 5.13. The summed E-state index contributed by atoms with van der Waals surface area (Å²) in [4.78, 5) is 14.2. The average Bonchev–Trinajstić information content (AvgIpc) is 2.54. The van der Waals surface area contributed by atoms with Crippen molar-refractivity contribution in [3.63, 3.8) is 0 Å². The van der Waals surface area contributed by atoms with Gasteiger partial charge in [-0.15, -0.1) is 0 Å². The summed E-state index contributed by atoms with van der Waals surface area (Å²) < 4.78 is 0. The summed E-state index contributed by atoms with van der Waals surface area (Å²) in [5, 5.41) is 6.58. The minimum atomic E-state index is 0.223. The molecule has 2 saturated heterocycles. The lowest BCUT2D eigenvalue weighted by Crippen LogP contribution is -2.40. The molecule has 2 unspecified atom stereocenters. The van der Waals surface area contributed by atoms with Crippen LogP contribution >= 0.6 is 0 Å². The fourth-order valence-electron chi connectivity index (χ4n) is 2.63. The molecule has 4 heteroatoms. The SMILES string of the molecule is CN1CCC(C(=O)NC2CCCNCC2)C1. The number of hydrogen-bond acceptors (Lipinski definition) is 3. The summed E-state index contributed by atoms with van der Waals surface area (Å²) in [5.41, 5.74) is 0. The Hall–Kier alpha value is -0.610. The number of rotatable bonds is 2. The Labute approximate surface area is 97.8 Å². The van der Waals surface area contributed by atoms with Crippen LogP contribution in [0.4, 0.5) is 0 Å². The molecule has 0 aromatic carbocycles. The molecule has 2 atom stereocenters. The van der Waals surface area contributed by atoms with Gasteiger partial charge in [-0.1, -0.05) is 0 Å². The van der Waals surface area contributed by atoms with E-state index in [2.05, 4.69) is 22.6 Å². The maximum absolute atomic E-state index is 12.0. The maximum Gasteiger partial charge on any atom is 0.224 e. The summed E-state index contributed by atoms with van der Waals surface area (Å²) >= 11 is 0. The Morgan fingerprint density at radius 2 is 2.19 bits per heavy atom. The van der Waals surface area contributed by atoms with E-state index in [0.717, 1.165) is 45.4 Å². The zero-order chi connectivity index (χ0) is 11.4. The van der Waals surface area contributed by atoms with Gasteiger partial charge in [0.1, 0.15) is 0 Å². The number of carbonyl (C=O) groups is 1. The van der Waals surface area contributed by atoms with E-state index in [-0.39, 0.29) is 11.8 Å². The number of nitrogens with one attached hydrogen (secondary N) is 2. The fourth-order valence-corrected chi connectivity index (χ4v) is 2.63. The van der Waals surface area contributed by atoms with E-state index in [9.17, 15) is 4.79 Å². The third-order valence-electron chi connectivity index (χ3n) is 3.68. The second kappa shape index (κ2) is 5.64. The molecule has 2 N–H and O–H groups in total. The molecule has 2 aliphatic rings. The third kappa shape index (κ3) is 3.19. The fraction of sp³-hybridized carbons (Fsp3) is 0.917. The van der Waals surface area contributed by atoms with Gasteiger partial charge in [0.25, 0.3) is 0 Å². The lowest BCUT2D eigenvalue weighted by molar-refractivity contribution is -0.125. The first-order chi connectivity index (χ1) is 7.75. The van der Waals surface area contributed by atoms with Gasteiger partial charge in [-0.25, -0.2) is 0 Å². The Morgan fingerprint density at radius 1 is 1.31 bits per heavy atom. The Balaban J connectivity index is 1.77. The average molecular weight is 225 g/mol. The van der Waals surface area contributed by atoms with Crippen molar-refractivity contribution in [3.05, 3.63) is 0 Å². The Morgan fingerprint density at radius 3 is 2.94 bits per heavy atom. The largest absolute Gasteiger partial charge is 0.353 e. The van der Waals surface area contributed by atoms with Gasteiger partial charge in [0, 0.05) is 12.6 Å². The molecule has 4 nitrogen and oxygen atoms in total. The zero-order valence-corrected chi connectivity index (χ0v) is 10.2. The first-order valence-corrected chi connectivity index (χ1v) is 6.45. The van der Waals surface area contributed by atoms with Crippen LogP contribution in [0.1, 0.15) is 25.7 Å². The lowest BCUT2D eigenvalue weighted by Gasteiger charge is -2.18. The molecule has 0 bridgehead atoms. The van der Waals surface area contributed by atoms with Crippen molar-refractivity contribution < 1.29 is 4.79 Å². The van der Waals surface area contributed by atoms with Crippen molar-refractivity contribution in [3.8, 4) is 0 Å². The standard InChI is InChI=1S/C12H23N3O/c1-15-8-5-10(9-15)12(16)14-11-3-2-6-13-7-4-11/h10-11,13H,2-9H2,1H3,(H,14,16). The van der Waals surface area contributed by atoms with Gasteiger partial charge in [-0.05, 0) is 52.4 Å². The number of nitrogens with zero attached hydrogens (tertiary/aromatic N) is 1. The highest BCUT2D eigenvalue weighted by atomic mass is 16.2. The Bertz CT molecular complexity index is 236. The van der Waals surface area contributed by atoms with Crippen molar-refractivity contribution in [2.45, 2.75) is 31.7 Å². The highest BCUT2D eigenvalue weighted by Crippen LogP contribution is 2.15. The molecular formula is C12H23N3O. The Kier molecular flexibility index (Phi) is 4.18. The topological polar surface area (TPSA) is 44.4 Å². The summed E-state index contributed by atoms with van der Waals surface area (Å²) in [6.45, 7) is 4.12. The van der Waals surface area contributed by atoms with Gasteiger partial charge in [-0.2, -0.15) is 0 Å². The van der Waals surface area contributed by atoms with Crippen LogP contribution in [0.15, 0.2) is 0 Å². The van der Waals surface area contributed by atoms with E-state index in [1.54, 1.807) is 0 Å². The van der Waals surface area contributed by atoms with E-state index < -0.39 is 0 Å². The van der Waals surface area contributed by atoms with Crippen LogP contribution in [-0.2, 0) is 4.79 Å². The van der Waals surface area contributed by atoms with E-state index in [4.69, 9.17) is 0 Å². The first-order valence-electron chi connectivity index (χ1n) is 6.45. The maximum atomic E-state index is 12.0. The summed E-state index contributed by atoms with van der Waals surface area (Å²) in [7, 11) is 2.09. The zero-order valence-electron chi connectivity index (χ0n) is 10.2. The smallest absolute Gasteiger partial charge is 0.224 e. The molecule has 2 heterocycles. The molecule has 2 fully saturated rings. The van der Waals surface area contributed by atoms with Crippen LogP contribution in [0.25, 0.3) is 0 Å². The molecule has 0 aliphatic carbocycles. The molecule has 92 valence electrons. The van der Waals surface area contributed by atoms with E-state index >= 15 is 0 Å². The van der Waals surface area contributed by atoms with E-state index in [0.29, 0.717) is 6.04 Å². The quantitative estimate of drug-likeness (QED) is 0.705. The molecule has 0 aromatic rings. The minimum Gasteiger partial charge on any atom is -0.353 e. The predicted molar refractivity (Wildman–Crippen MR) is 64.3 cm³/mol. The molecule has 0 saturated carbocycles. The molecule has 16 heavy (non-hydrogen) atoms. The third-order valence-corrected chi connectivity index (χ3v) is 3.68. The van der Waals surface area contributed by atoms with Crippen LogP contribution in [0, 0.1) is 5.92 Å². The van der Waals surface area contributed by atoms with Crippen LogP contribution in [0.3, 0.4) is 0 Å². The van der Waals surface area contributed by atoms with Crippen LogP contribution < -0.4 is 10.6 Å². The molecule has 0 radical (unpaired) electrons. The first kappa shape index (κ1) is 11.9. The minimum absolute atomic E-state index is 0.223. The van der Waals surface area contributed by atoms with Gasteiger partial charge < -0.3 is 15.5 Å². The van der Waals surface area contributed by atoms with Crippen LogP contribution in [0.2, 0.25) is 0 Å². The number of hydrogen-bond donors (Lipinski definition) is 2. The second-order valence-electron chi connectivity index (χ2n) is 5.13.